The number of nitrogens with one attached hydrogen (secondary N) is 1. The zero-order chi connectivity index (χ0) is 16.1. The predicted molar refractivity (Wildman–Crippen MR) is 85.5 cm³/mol. The fraction of sp³-hybridized carbons (Fsp3) is 0.800. The van der Waals surface area contributed by atoms with Crippen molar-refractivity contribution in [2.24, 2.45) is 0 Å². The van der Waals surface area contributed by atoms with E-state index in [4.69, 9.17) is 0 Å². The maximum atomic E-state index is 12.1. The van der Waals surface area contributed by atoms with Gasteiger partial charge in [-0.05, 0) is 27.8 Å². The van der Waals surface area contributed by atoms with E-state index >= 15 is 0 Å². The molecule has 1 unspecified atom stereocenters. The van der Waals surface area contributed by atoms with Crippen molar-refractivity contribution in [3.8, 4) is 0 Å². The first kappa shape index (κ1) is 16.9. The van der Waals surface area contributed by atoms with Gasteiger partial charge in [-0.15, -0.1) is 10.2 Å². The largest absolute Gasteiger partial charge is 0.346 e. The highest BCUT2D eigenvalue weighted by Gasteiger charge is 2.18. The summed E-state index contributed by atoms with van der Waals surface area (Å²) in [5.41, 5.74) is 0. The molecule has 1 aromatic rings. The summed E-state index contributed by atoms with van der Waals surface area (Å²) in [6.45, 7) is 11.2. The Morgan fingerprint density at radius 1 is 1.27 bits per heavy atom. The Labute approximate surface area is 132 Å². The van der Waals surface area contributed by atoms with E-state index in [1.165, 1.54) is 0 Å². The van der Waals surface area contributed by atoms with Crippen LogP contribution in [0.1, 0.15) is 45.1 Å². The third-order valence-corrected chi connectivity index (χ3v) is 4.17. The van der Waals surface area contributed by atoms with Crippen LogP contribution < -0.4 is 5.32 Å². The maximum Gasteiger partial charge on any atom is 0.221 e. The summed E-state index contributed by atoms with van der Waals surface area (Å²) in [5, 5.41) is 11.1. The molecular weight excluding hydrogens is 280 g/mol. The highest BCUT2D eigenvalue weighted by molar-refractivity contribution is 5.76. The molecule has 0 saturated carbocycles. The minimum Gasteiger partial charge on any atom is -0.346 e. The Kier molecular flexibility index (Phi) is 5.90. The van der Waals surface area contributed by atoms with Crippen LogP contribution in [0.2, 0.25) is 0 Å². The number of piperazine rings is 1. The summed E-state index contributed by atoms with van der Waals surface area (Å²) in [6.07, 6.45) is 2.25. The molecule has 124 valence electrons. The first-order chi connectivity index (χ1) is 10.5. The topological polar surface area (TPSA) is 66.3 Å². The van der Waals surface area contributed by atoms with Gasteiger partial charge in [0.25, 0.3) is 0 Å². The molecule has 1 N–H and O–H groups in total. The Balaban J connectivity index is 1.78. The van der Waals surface area contributed by atoms with Crippen LogP contribution in [-0.2, 0) is 4.79 Å². The van der Waals surface area contributed by atoms with Gasteiger partial charge in [-0.25, -0.2) is 0 Å². The fourth-order valence-electron chi connectivity index (χ4n) is 2.67. The molecule has 22 heavy (non-hydrogen) atoms. The average Bonchev–Trinajstić information content (AvgIpc) is 2.96. The first-order valence-electron chi connectivity index (χ1n) is 8.07. The monoisotopic (exact) mass is 308 g/mol. The highest BCUT2D eigenvalue weighted by atomic mass is 16.1. The number of rotatable bonds is 6. The van der Waals surface area contributed by atoms with Crippen LogP contribution in [0.4, 0.5) is 0 Å². The molecule has 0 radical (unpaired) electrons. The van der Waals surface area contributed by atoms with Crippen molar-refractivity contribution >= 4 is 5.91 Å². The lowest BCUT2D eigenvalue weighted by Crippen LogP contribution is -2.45. The Hall–Kier alpha value is -1.47. The molecule has 0 aromatic carbocycles. The lowest BCUT2D eigenvalue weighted by atomic mass is 10.2. The summed E-state index contributed by atoms with van der Waals surface area (Å²) in [5.74, 6) is 0.882. The van der Waals surface area contributed by atoms with Gasteiger partial charge in [0.15, 0.2) is 5.82 Å². The normalized spacial score (nSPS) is 18.6. The second-order valence-corrected chi connectivity index (χ2v) is 6.37. The van der Waals surface area contributed by atoms with Crippen LogP contribution >= 0.6 is 0 Å². The number of aromatic nitrogens is 3. The molecule has 1 amide bonds. The average molecular weight is 308 g/mol. The summed E-state index contributed by atoms with van der Waals surface area (Å²) in [7, 11) is 2.14. The van der Waals surface area contributed by atoms with Gasteiger partial charge in [-0.1, -0.05) is 0 Å². The van der Waals surface area contributed by atoms with E-state index < -0.39 is 0 Å². The smallest absolute Gasteiger partial charge is 0.221 e. The zero-order valence-electron chi connectivity index (χ0n) is 14.1. The molecule has 1 fully saturated rings. The Morgan fingerprint density at radius 3 is 2.59 bits per heavy atom. The molecule has 2 heterocycles. The molecule has 7 heteroatoms. The number of amides is 1. The summed E-state index contributed by atoms with van der Waals surface area (Å²) in [6, 6.07) is 0.166. The standard InChI is InChI=1S/C15H28N6O/c1-12(2)21-11-16-18-15(21)13(3)17-14(22)5-6-20-9-7-19(4)8-10-20/h11-13H,5-10H2,1-4H3,(H,17,22). The van der Waals surface area contributed by atoms with E-state index in [1.807, 2.05) is 11.5 Å². The van der Waals surface area contributed by atoms with Gasteiger partial charge in [0.2, 0.25) is 5.91 Å². The molecule has 2 rings (SSSR count). The third-order valence-electron chi connectivity index (χ3n) is 4.17. The third kappa shape index (κ3) is 4.51. The van der Waals surface area contributed by atoms with Crippen LogP contribution in [0, 0.1) is 0 Å². The van der Waals surface area contributed by atoms with Crippen LogP contribution in [0.15, 0.2) is 6.33 Å². The van der Waals surface area contributed by atoms with Crippen LogP contribution in [0.25, 0.3) is 0 Å². The van der Waals surface area contributed by atoms with Gasteiger partial charge in [0.1, 0.15) is 6.33 Å². The van der Waals surface area contributed by atoms with E-state index in [0.717, 1.165) is 38.5 Å². The van der Waals surface area contributed by atoms with Gasteiger partial charge in [-0.2, -0.15) is 0 Å². The molecular formula is C15H28N6O. The molecule has 0 bridgehead atoms. The summed E-state index contributed by atoms with van der Waals surface area (Å²) in [4.78, 5) is 16.8. The second-order valence-electron chi connectivity index (χ2n) is 6.37. The van der Waals surface area contributed by atoms with E-state index in [-0.39, 0.29) is 18.0 Å². The van der Waals surface area contributed by atoms with Gasteiger partial charge < -0.3 is 19.7 Å². The first-order valence-corrected chi connectivity index (χ1v) is 8.07. The van der Waals surface area contributed by atoms with E-state index in [9.17, 15) is 4.79 Å². The maximum absolute atomic E-state index is 12.1. The van der Waals surface area contributed by atoms with E-state index in [2.05, 4.69) is 46.2 Å². The quantitative estimate of drug-likeness (QED) is 0.837. The van der Waals surface area contributed by atoms with Gasteiger partial charge in [0.05, 0.1) is 6.04 Å². The summed E-state index contributed by atoms with van der Waals surface area (Å²) >= 11 is 0. The van der Waals surface area contributed by atoms with Gasteiger partial charge in [0, 0.05) is 45.2 Å². The Morgan fingerprint density at radius 2 is 1.95 bits per heavy atom. The number of carbonyl (C=O) groups is 1. The van der Waals surface area contributed by atoms with Gasteiger partial charge in [-0.3, -0.25) is 4.79 Å². The van der Waals surface area contributed by atoms with Crippen molar-refractivity contribution in [3.05, 3.63) is 12.2 Å². The molecule has 1 aromatic heterocycles. The van der Waals surface area contributed by atoms with Crippen molar-refractivity contribution in [1.82, 2.24) is 29.9 Å². The minimum absolute atomic E-state index is 0.0738. The number of carbonyl (C=O) groups excluding carboxylic acids is 1. The Bertz CT molecular complexity index is 478. The zero-order valence-corrected chi connectivity index (χ0v) is 14.1. The number of hydrogen-bond donors (Lipinski definition) is 1. The van der Waals surface area contributed by atoms with Crippen molar-refractivity contribution in [3.63, 3.8) is 0 Å². The second kappa shape index (κ2) is 7.69. The number of likely N-dealkylation sites (N-methyl/N-ethyl adjacent to an activating group) is 1. The van der Waals surface area contributed by atoms with Crippen LogP contribution in [0.5, 0.6) is 0 Å². The van der Waals surface area contributed by atoms with Crippen molar-refractivity contribution in [1.29, 1.82) is 0 Å². The highest BCUT2D eigenvalue weighted by Crippen LogP contribution is 2.14. The molecule has 7 nitrogen and oxygen atoms in total. The van der Waals surface area contributed by atoms with Crippen LogP contribution in [0.3, 0.4) is 0 Å². The van der Waals surface area contributed by atoms with Crippen molar-refractivity contribution in [2.45, 2.75) is 39.3 Å². The van der Waals surface area contributed by atoms with Crippen molar-refractivity contribution in [2.75, 3.05) is 39.8 Å². The molecule has 1 aliphatic rings. The molecule has 1 saturated heterocycles. The number of nitrogens with zero attached hydrogens (tertiary/aromatic N) is 5. The minimum atomic E-state index is -0.120. The van der Waals surface area contributed by atoms with Crippen molar-refractivity contribution < 1.29 is 4.79 Å². The van der Waals surface area contributed by atoms with Gasteiger partial charge >= 0.3 is 0 Å². The fourth-order valence-corrected chi connectivity index (χ4v) is 2.67. The van der Waals surface area contributed by atoms with Crippen LogP contribution in [-0.4, -0.2) is 70.2 Å². The summed E-state index contributed by atoms with van der Waals surface area (Å²) < 4.78 is 1.99. The van der Waals surface area contributed by atoms with E-state index in [0.29, 0.717) is 6.42 Å². The predicted octanol–water partition coefficient (Wildman–Crippen LogP) is 0.674. The lowest BCUT2D eigenvalue weighted by Gasteiger charge is -2.32. The lowest BCUT2D eigenvalue weighted by molar-refractivity contribution is -0.122. The SMILES string of the molecule is CC(NC(=O)CCN1CCN(C)CC1)c1nncn1C(C)C. The molecule has 0 aliphatic carbocycles. The molecule has 1 atom stereocenters. The molecule has 1 aliphatic heterocycles. The number of hydrogen-bond acceptors (Lipinski definition) is 5. The van der Waals surface area contributed by atoms with E-state index in [1.54, 1.807) is 6.33 Å². The molecule has 0 spiro atoms.